The number of hydrogen-bond donors (Lipinski definition) is 1. The molecular formula is C11H16N4O5. The minimum Gasteiger partial charge on any atom is -0.481 e. The zero-order valence-corrected chi connectivity index (χ0v) is 11.4. The summed E-state index contributed by atoms with van der Waals surface area (Å²) in [5.41, 5.74) is 0. The molecule has 0 spiro atoms. The molecule has 0 saturated carbocycles. The van der Waals surface area contributed by atoms with Crippen molar-refractivity contribution in [1.82, 2.24) is 14.5 Å². The van der Waals surface area contributed by atoms with Gasteiger partial charge in [-0.1, -0.05) is 6.92 Å². The molecule has 110 valence electrons. The molecule has 1 aromatic heterocycles. The zero-order chi connectivity index (χ0) is 15.4. The summed E-state index contributed by atoms with van der Waals surface area (Å²) in [5, 5.41) is 19.4. The van der Waals surface area contributed by atoms with Gasteiger partial charge in [-0.05, 0) is 9.91 Å². The molecule has 0 aromatic carbocycles. The van der Waals surface area contributed by atoms with E-state index in [-0.39, 0.29) is 24.8 Å². The Labute approximate surface area is 115 Å². The van der Waals surface area contributed by atoms with E-state index in [1.54, 1.807) is 6.92 Å². The van der Waals surface area contributed by atoms with Crippen LogP contribution in [0.3, 0.4) is 0 Å². The molecule has 9 heteroatoms. The summed E-state index contributed by atoms with van der Waals surface area (Å²) in [5.74, 6) is -1.98. The molecule has 0 aliphatic heterocycles. The van der Waals surface area contributed by atoms with Gasteiger partial charge in [0.05, 0.1) is 5.92 Å². The van der Waals surface area contributed by atoms with Gasteiger partial charge in [0.1, 0.15) is 12.7 Å². The topological polar surface area (TPSA) is 119 Å². The Morgan fingerprint density at radius 1 is 1.60 bits per heavy atom. The molecule has 9 nitrogen and oxygen atoms in total. The number of aryl methyl sites for hydroxylation is 1. The minimum absolute atomic E-state index is 0.0734. The van der Waals surface area contributed by atoms with Gasteiger partial charge in [0.25, 0.3) is 0 Å². The van der Waals surface area contributed by atoms with Crippen LogP contribution in [0.5, 0.6) is 0 Å². The molecule has 0 aliphatic carbocycles. The third-order valence-electron chi connectivity index (χ3n) is 2.85. The lowest BCUT2D eigenvalue weighted by molar-refractivity contribution is -0.389. The minimum atomic E-state index is -0.987. The summed E-state index contributed by atoms with van der Waals surface area (Å²) in [6, 6.07) is 0. The Morgan fingerprint density at radius 3 is 2.65 bits per heavy atom. The van der Waals surface area contributed by atoms with Gasteiger partial charge in [0, 0.05) is 20.5 Å². The van der Waals surface area contributed by atoms with E-state index in [1.165, 1.54) is 29.6 Å². The Morgan fingerprint density at radius 2 is 2.20 bits per heavy atom. The zero-order valence-electron chi connectivity index (χ0n) is 11.4. The molecule has 0 fully saturated rings. The SMILES string of the molecule is Cc1nc([N+](=O)[O-])cn1CC(=O)N(C)CC(C)C(=O)O. The highest BCUT2D eigenvalue weighted by molar-refractivity contribution is 5.77. The average Bonchev–Trinajstić information content (AvgIpc) is 2.70. The molecule has 1 rings (SSSR count). The molecule has 0 bridgehead atoms. The first kappa shape index (κ1) is 15.6. The van der Waals surface area contributed by atoms with Crippen LogP contribution in [0.4, 0.5) is 5.82 Å². The van der Waals surface area contributed by atoms with Crippen molar-refractivity contribution in [3.05, 3.63) is 22.1 Å². The first-order chi connectivity index (χ1) is 9.22. The molecule has 1 heterocycles. The molecule has 1 aromatic rings. The highest BCUT2D eigenvalue weighted by Crippen LogP contribution is 2.10. The van der Waals surface area contributed by atoms with Crippen molar-refractivity contribution in [2.24, 2.45) is 5.92 Å². The van der Waals surface area contributed by atoms with Gasteiger partial charge in [-0.2, -0.15) is 0 Å². The van der Waals surface area contributed by atoms with Gasteiger partial charge in [0.2, 0.25) is 11.7 Å². The number of carbonyl (C=O) groups is 2. The molecule has 1 amide bonds. The molecule has 0 aliphatic rings. The number of aromatic nitrogens is 2. The number of likely N-dealkylation sites (N-methyl/N-ethyl adjacent to an activating group) is 1. The number of imidazole rings is 1. The normalized spacial score (nSPS) is 11.9. The molecule has 0 radical (unpaired) electrons. The molecule has 20 heavy (non-hydrogen) atoms. The number of rotatable bonds is 6. The van der Waals surface area contributed by atoms with E-state index in [0.29, 0.717) is 5.82 Å². The van der Waals surface area contributed by atoms with E-state index in [0.717, 1.165) is 0 Å². The Kier molecular flexibility index (Phi) is 4.78. The summed E-state index contributed by atoms with van der Waals surface area (Å²) < 4.78 is 1.36. The Balaban J connectivity index is 2.70. The second kappa shape index (κ2) is 6.13. The highest BCUT2D eigenvalue weighted by atomic mass is 16.6. The third kappa shape index (κ3) is 3.77. The van der Waals surface area contributed by atoms with Crippen LogP contribution in [0, 0.1) is 23.0 Å². The second-order valence-corrected chi connectivity index (χ2v) is 4.54. The molecule has 0 saturated heterocycles. The number of carbonyl (C=O) groups excluding carboxylic acids is 1. The van der Waals surface area contributed by atoms with Crippen LogP contribution >= 0.6 is 0 Å². The van der Waals surface area contributed by atoms with Gasteiger partial charge in [-0.15, -0.1) is 0 Å². The number of carboxylic acid groups (broad SMARTS) is 1. The van der Waals surface area contributed by atoms with E-state index in [9.17, 15) is 19.7 Å². The predicted molar refractivity (Wildman–Crippen MR) is 68.1 cm³/mol. The van der Waals surface area contributed by atoms with E-state index in [1.807, 2.05) is 0 Å². The van der Waals surface area contributed by atoms with Crippen LogP contribution in [0.15, 0.2) is 6.20 Å². The molecule has 1 N–H and O–H groups in total. The fraction of sp³-hybridized carbons (Fsp3) is 0.545. The van der Waals surface area contributed by atoms with Crippen LogP contribution in [0.2, 0.25) is 0 Å². The summed E-state index contributed by atoms with van der Waals surface area (Å²) in [7, 11) is 1.49. The molecule has 1 atom stereocenters. The van der Waals surface area contributed by atoms with Gasteiger partial charge in [-0.3, -0.25) is 14.2 Å². The Hall–Kier alpha value is -2.45. The number of hydrogen-bond acceptors (Lipinski definition) is 5. The summed E-state index contributed by atoms with van der Waals surface area (Å²) in [6.45, 7) is 3.01. The number of amides is 1. The first-order valence-corrected chi connectivity index (χ1v) is 5.87. The van der Waals surface area contributed by atoms with Gasteiger partial charge < -0.3 is 20.1 Å². The Bertz CT molecular complexity index is 539. The van der Waals surface area contributed by atoms with Crippen molar-refractivity contribution in [2.45, 2.75) is 20.4 Å². The maximum absolute atomic E-state index is 11.9. The fourth-order valence-electron chi connectivity index (χ4n) is 1.60. The lowest BCUT2D eigenvalue weighted by Crippen LogP contribution is -2.35. The lowest BCUT2D eigenvalue weighted by atomic mass is 10.2. The number of nitro groups is 1. The van der Waals surface area contributed by atoms with Gasteiger partial charge >= 0.3 is 11.8 Å². The number of carboxylic acids is 1. The summed E-state index contributed by atoms with van der Waals surface area (Å²) in [6.07, 6.45) is 1.18. The summed E-state index contributed by atoms with van der Waals surface area (Å²) >= 11 is 0. The molecule has 1 unspecified atom stereocenters. The van der Waals surface area contributed by atoms with Crippen LogP contribution < -0.4 is 0 Å². The van der Waals surface area contributed by atoms with Crippen molar-refractivity contribution in [2.75, 3.05) is 13.6 Å². The third-order valence-corrected chi connectivity index (χ3v) is 2.85. The average molecular weight is 284 g/mol. The smallest absolute Gasteiger partial charge is 0.381 e. The monoisotopic (exact) mass is 284 g/mol. The van der Waals surface area contributed by atoms with Crippen LogP contribution in [0.1, 0.15) is 12.7 Å². The van der Waals surface area contributed by atoms with E-state index < -0.39 is 16.8 Å². The summed E-state index contributed by atoms with van der Waals surface area (Å²) in [4.78, 5) is 37.6. The van der Waals surface area contributed by atoms with Crippen molar-refractivity contribution in [3.63, 3.8) is 0 Å². The highest BCUT2D eigenvalue weighted by Gasteiger charge is 2.21. The van der Waals surface area contributed by atoms with E-state index in [2.05, 4.69) is 4.98 Å². The standard InChI is InChI=1S/C11H16N4O5/c1-7(11(17)18)4-13(3)10(16)6-14-5-9(15(19)20)12-8(14)2/h5,7H,4,6H2,1-3H3,(H,17,18). The predicted octanol–water partition coefficient (Wildman–Crippen LogP) is 0.279. The second-order valence-electron chi connectivity index (χ2n) is 4.54. The number of nitrogens with zero attached hydrogens (tertiary/aromatic N) is 4. The van der Waals surface area contributed by atoms with E-state index >= 15 is 0 Å². The van der Waals surface area contributed by atoms with Crippen LogP contribution in [-0.2, 0) is 16.1 Å². The van der Waals surface area contributed by atoms with Gasteiger partial charge in [0.15, 0.2) is 0 Å². The van der Waals surface area contributed by atoms with Crippen molar-refractivity contribution < 1.29 is 19.6 Å². The fourth-order valence-corrected chi connectivity index (χ4v) is 1.60. The van der Waals surface area contributed by atoms with E-state index in [4.69, 9.17) is 5.11 Å². The van der Waals surface area contributed by atoms with Crippen LogP contribution in [-0.4, -0.2) is 49.9 Å². The van der Waals surface area contributed by atoms with Crippen molar-refractivity contribution in [1.29, 1.82) is 0 Å². The first-order valence-electron chi connectivity index (χ1n) is 5.87. The maximum atomic E-state index is 11.9. The maximum Gasteiger partial charge on any atom is 0.381 e. The van der Waals surface area contributed by atoms with Crippen LogP contribution in [0.25, 0.3) is 0 Å². The number of aliphatic carboxylic acids is 1. The van der Waals surface area contributed by atoms with Crippen molar-refractivity contribution >= 4 is 17.7 Å². The van der Waals surface area contributed by atoms with Crippen molar-refractivity contribution in [3.8, 4) is 0 Å². The molecular weight excluding hydrogens is 268 g/mol. The van der Waals surface area contributed by atoms with Gasteiger partial charge in [-0.25, -0.2) is 0 Å². The lowest BCUT2D eigenvalue weighted by Gasteiger charge is -2.19. The largest absolute Gasteiger partial charge is 0.481 e. The quantitative estimate of drug-likeness (QED) is 0.592.